The number of nitrogens with zero attached hydrogens (tertiary/aromatic N) is 1. The third-order valence-corrected chi connectivity index (χ3v) is 3.12. The van der Waals surface area contributed by atoms with E-state index in [-0.39, 0.29) is 0 Å². The maximum Gasteiger partial charge on any atom is 0.0223 e. The lowest BCUT2D eigenvalue weighted by molar-refractivity contribution is 0.623. The molecule has 3 nitrogen and oxygen atoms in total. The van der Waals surface area contributed by atoms with Crippen LogP contribution in [0.25, 0.3) is 0 Å². The van der Waals surface area contributed by atoms with Crippen molar-refractivity contribution in [3.8, 4) is 0 Å². The first-order valence-electron chi connectivity index (χ1n) is 6.27. The van der Waals surface area contributed by atoms with Gasteiger partial charge in [0.1, 0.15) is 0 Å². The lowest BCUT2D eigenvalue weighted by Crippen LogP contribution is -2.16. The van der Waals surface area contributed by atoms with Gasteiger partial charge in [-0.2, -0.15) is 0 Å². The highest BCUT2D eigenvalue weighted by Crippen LogP contribution is 2.14. The van der Waals surface area contributed by atoms with Gasteiger partial charge >= 0.3 is 0 Å². The lowest BCUT2D eigenvalue weighted by Gasteiger charge is -2.07. The fourth-order valence-corrected chi connectivity index (χ4v) is 2.16. The summed E-state index contributed by atoms with van der Waals surface area (Å²) < 4.78 is 2.36. The Balaban J connectivity index is 2.42. The van der Waals surface area contributed by atoms with Crippen molar-refractivity contribution in [3.63, 3.8) is 0 Å². The summed E-state index contributed by atoms with van der Waals surface area (Å²) in [5.74, 6) is 0. The van der Waals surface area contributed by atoms with Crippen LogP contribution >= 0.6 is 0 Å². The Morgan fingerprint density at radius 3 is 2.62 bits per heavy atom. The molecule has 0 fully saturated rings. The van der Waals surface area contributed by atoms with Crippen LogP contribution < -0.4 is 11.1 Å². The van der Waals surface area contributed by atoms with Crippen LogP contribution in [0, 0.1) is 13.8 Å². The predicted molar refractivity (Wildman–Crippen MR) is 69.6 cm³/mol. The molecule has 0 amide bonds. The molecule has 0 saturated carbocycles. The Morgan fingerprint density at radius 1 is 1.31 bits per heavy atom. The second kappa shape index (κ2) is 6.71. The van der Waals surface area contributed by atoms with Gasteiger partial charge in [-0.3, -0.25) is 0 Å². The SMILES string of the molecule is CCn1c(C)cc(CNCCCCN)c1C. The van der Waals surface area contributed by atoms with E-state index in [1.54, 1.807) is 0 Å². The molecular formula is C13H25N3. The number of rotatable bonds is 7. The van der Waals surface area contributed by atoms with Crippen molar-refractivity contribution in [1.82, 2.24) is 9.88 Å². The van der Waals surface area contributed by atoms with Crippen LogP contribution in [0.3, 0.4) is 0 Å². The second-order valence-electron chi connectivity index (χ2n) is 4.31. The Bertz CT molecular complexity index is 315. The minimum Gasteiger partial charge on any atom is -0.349 e. The molecule has 3 N–H and O–H groups in total. The van der Waals surface area contributed by atoms with Gasteiger partial charge in [0.25, 0.3) is 0 Å². The fraction of sp³-hybridized carbons (Fsp3) is 0.692. The number of unbranched alkanes of at least 4 members (excludes halogenated alkanes) is 1. The van der Waals surface area contributed by atoms with Crippen LogP contribution in [-0.4, -0.2) is 17.7 Å². The first-order chi connectivity index (χ1) is 7.70. The van der Waals surface area contributed by atoms with Crippen molar-refractivity contribution in [2.45, 2.75) is 46.7 Å². The Kier molecular flexibility index (Phi) is 5.56. The second-order valence-corrected chi connectivity index (χ2v) is 4.31. The summed E-state index contributed by atoms with van der Waals surface area (Å²) in [6, 6.07) is 2.29. The molecule has 1 rings (SSSR count). The van der Waals surface area contributed by atoms with Crippen LogP contribution in [0.2, 0.25) is 0 Å². The van der Waals surface area contributed by atoms with Crippen LogP contribution in [-0.2, 0) is 13.1 Å². The third kappa shape index (κ3) is 3.35. The number of nitrogens with one attached hydrogen (secondary N) is 1. The van der Waals surface area contributed by atoms with Crippen LogP contribution in [0.15, 0.2) is 6.07 Å². The monoisotopic (exact) mass is 223 g/mol. The molecular weight excluding hydrogens is 198 g/mol. The zero-order valence-electron chi connectivity index (χ0n) is 10.8. The van der Waals surface area contributed by atoms with E-state index in [0.29, 0.717) is 0 Å². The van der Waals surface area contributed by atoms with Gasteiger partial charge in [-0.05, 0) is 58.3 Å². The highest BCUT2D eigenvalue weighted by molar-refractivity contribution is 5.26. The third-order valence-electron chi connectivity index (χ3n) is 3.12. The van der Waals surface area contributed by atoms with E-state index >= 15 is 0 Å². The molecule has 1 heterocycles. The molecule has 3 heteroatoms. The average molecular weight is 223 g/mol. The molecule has 0 spiro atoms. The highest BCUT2D eigenvalue weighted by Gasteiger charge is 2.06. The minimum absolute atomic E-state index is 0.798. The van der Waals surface area contributed by atoms with Crippen molar-refractivity contribution in [2.24, 2.45) is 5.73 Å². The molecule has 92 valence electrons. The van der Waals surface area contributed by atoms with Crippen LogP contribution in [0.5, 0.6) is 0 Å². The molecule has 16 heavy (non-hydrogen) atoms. The molecule has 0 radical (unpaired) electrons. The summed E-state index contributed by atoms with van der Waals surface area (Å²) in [5, 5.41) is 3.47. The van der Waals surface area contributed by atoms with Crippen molar-refractivity contribution >= 4 is 0 Å². The average Bonchev–Trinajstić information content (AvgIpc) is 2.53. The summed E-state index contributed by atoms with van der Waals surface area (Å²) in [6.07, 6.45) is 2.28. The summed E-state index contributed by atoms with van der Waals surface area (Å²) in [6.45, 7) is 10.5. The van der Waals surface area contributed by atoms with Crippen molar-refractivity contribution in [3.05, 3.63) is 23.0 Å². The minimum atomic E-state index is 0.798. The van der Waals surface area contributed by atoms with Gasteiger partial charge in [0.2, 0.25) is 0 Å². The highest BCUT2D eigenvalue weighted by atomic mass is 15.0. The van der Waals surface area contributed by atoms with Crippen molar-refractivity contribution in [2.75, 3.05) is 13.1 Å². The van der Waals surface area contributed by atoms with Gasteiger partial charge in [0.05, 0.1) is 0 Å². The van der Waals surface area contributed by atoms with E-state index in [1.165, 1.54) is 23.4 Å². The summed E-state index contributed by atoms with van der Waals surface area (Å²) >= 11 is 0. The van der Waals surface area contributed by atoms with E-state index in [2.05, 4.69) is 36.7 Å². The van der Waals surface area contributed by atoms with E-state index in [9.17, 15) is 0 Å². The van der Waals surface area contributed by atoms with E-state index in [1.807, 2.05) is 0 Å². The zero-order valence-corrected chi connectivity index (χ0v) is 10.8. The first-order valence-corrected chi connectivity index (χ1v) is 6.27. The van der Waals surface area contributed by atoms with Gasteiger partial charge in [0.15, 0.2) is 0 Å². The van der Waals surface area contributed by atoms with Crippen molar-refractivity contribution in [1.29, 1.82) is 0 Å². The lowest BCUT2D eigenvalue weighted by atomic mass is 10.2. The maximum absolute atomic E-state index is 5.46. The molecule has 0 aliphatic rings. The zero-order chi connectivity index (χ0) is 12.0. The van der Waals surface area contributed by atoms with Crippen molar-refractivity contribution < 1.29 is 0 Å². The number of nitrogens with two attached hydrogens (primary N) is 1. The number of hydrogen-bond donors (Lipinski definition) is 2. The van der Waals surface area contributed by atoms with Crippen LogP contribution in [0.4, 0.5) is 0 Å². The normalized spacial score (nSPS) is 11.0. The van der Waals surface area contributed by atoms with E-state index < -0.39 is 0 Å². The molecule has 0 aliphatic heterocycles. The largest absolute Gasteiger partial charge is 0.349 e. The number of hydrogen-bond acceptors (Lipinski definition) is 2. The summed E-state index contributed by atoms with van der Waals surface area (Å²) in [7, 11) is 0. The number of aromatic nitrogens is 1. The quantitative estimate of drug-likeness (QED) is 0.694. The molecule has 0 atom stereocenters. The van der Waals surface area contributed by atoms with Crippen LogP contribution in [0.1, 0.15) is 36.7 Å². The fourth-order valence-electron chi connectivity index (χ4n) is 2.16. The maximum atomic E-state index is 5.46. The topological polar surface area (TPSA) is 43.0 Å². The summed E-state index contributed by atoms with van der Waals surface area (Å²) in [5.41, 5.74) is 9.63. The van der Waals surface area contributed by atoms with E-state index in [4.69, 9.17) is 5.73 Å². The molecule has 0 saturated heterocycles. The van der Waals surface area contributed by atoms with Gasteiger partial charge < -0.3 is 15.6 Å². The van der Waals surface area contributed by atoms with Gasteiger partial charge in [0, 0.05) is 24.5 Å². The molecule has 1 aromatic heterocycles. The molecule has 0 bridgehead atoms. The standard InChI is InChI=1S/C13H25N3/c1-4-16-11(2)9-13(12(16)3)10-15-8-6-5-7-14/h9,15H,4-8,10,14H2,1-3H3. The first kappa shape index (κ1) is 13.3. The Labute approximate surface area is 99.0 Å². The number of aryl methyl sites for hydroxylation is 1. The van der Waals surface area contributed by atoms with E-state index in [0.717, 1.165) is 32.6 Å². The van der Waals surface area contributed by atoms with Gasteiger partial charge in [-0.1, -0.05) is 0 Å². The van der Waals surface area contributed by atoms with Gasteiger partial charge in [-0.15, -0.1) is 0 Å². The molecule has 0 aromatic carbocycles. The Hall–Kier alpha value is -0.800. The van der Waals surface area contributed by atoms with Gasteiger partial charge in [-0.25, -0.2) is 0 Å². The molecule has 1 aromatic rings. The molecule has 0 aliphatic carbocycles. The predicted octanol–water partition coefficient (Wildman–Crippen LogP) is 1.95. The molecule has 0 unspecified atom stereocenters. The summed E-state index contributed by atoms with van der Waals surface area (Å²) in [4.78, 5) is 0. The smallest absolute Gasteiger partial charge is 0.0223 e. The Morgan fingerprint density at radius 2 is 2.06 bits per heavy atom.